The van der Waals surface area contributed by atoms with Gasteiger partial charge in [0.05, 0.1) is 0 Å². The minimum atomic E-state index is -0.312. The predicted molar refractivity (Wildman–Crippen MR) is 61.4 cm³/mol. The van der Waals surface area contributed by atoms with E-state index in [1.807, 2.05) is 5.32 Å². The van der Waals surface area contributed by atoms with Crippen LogP contribution in [0.2, 0.25) is 0 Å². The molecule has 1 N–H and O–H groups in total. The van der Waals surface area contributed by atoms with Gasteiger partial charge in [0.1, 0.15) is 0 Å². The molecule has 0 atom stereocenters. The van der Waals surface area contributed by atoms with Crippen molar-refractivity contribution in [3.05, 3.63) is 0 Å². The third kappa shape index (κ3) is 9.44. The maximum absolute atomic E-state index is 9.92. The SMILES string of the molecule is CC(=O)NC(C)=O.CCC1CCCCC1. The third-order valence-corrected chi connectivity index (χ3v) is 2.65. The summed E-state index contributed by atoms with van der Waals surface area (Å²) in [5.41, 5.74) is 0. The molecular formula is C12H23NO2. The second-order valence-electron chi connectivity index (χ2n) is 4.15. The Labute approximate surface area is 92.6 Å². The van der Waals surface area contributed by atoms with Crippen LogP contribution in [0.5, 0.6) is 0 Å². The van der Waals surface area contributed by atoms with Crippen LogP contribution in [-0.4, -0.2) is 11.8 Å². The second kappa shape index (κ2) is 8.45. The molecule has 0 heterocycles. The first kappa shape index (κ1) is 14.1. The van der Waals surface area contributed by atoms with Crippen molar-refractivity contribution in [2.75, 3.05) is 0 Å². The highest BCUT2D eigenvalue weighted by Gasteiger charge is 2.09. The minimum absolute atomic E-state index is 0.312. The van der Waals surface area contributed by atoms with E-state index in [0.29, 0.717) is 0 Å². The average molecular weight is 213 g/mol. The van der Waals surface area contributed by atoms with E-state index in [0.717, 1.165) is 5.92 Å². The van der Waals surface area contributed by atoms with Gasteiger partial charge in [-0.05, 0) is 5.92 Å². The first-order valence-corrected chi connectivity index (χ1v) is 5.84. The zero-order valence-corrected chi connectivity index (χ0v) is 10.1. The third-order valence-electron chi connectivity index (χ3n) is 2.65. The van der Waals surface area contributed by atoms with Gasteiger partial charge < -0.3 is 0 Å². The Balaban J connectivity index is 0.000000265. The first-order chi connectivity index (χ1) is 7.06. The number of carbonyl (C=O) groups is 2. The van der Waals surface area contributed by atoms with Crippen LogP contribution >= 0.6 is 0 Å². The lowest BCUT2D eigenvalue weighted by Crippen LogP contribution is -2.24. The summed E-state index contributed by atoms with van der Waals surface area (Å²) >= 11 is 0. The highest BCUT2D eigenvalue weighted by atomic mass is 16.2. The van der Waals surface area contributed by atoms with Gasteiger partial charge in [0, 0.05) is 13.8 Å². The molecule has 0 bridgehead atoms. The van der Waals surface area contributed by atoms with Crippen LogP contribution in [0.25, 0.3) is 0 Å². The molecule has 1 saturated carbocycles. The van der Waals surface area contributed by atoms with E-state index in [9.17, 15) is 9.59 Å². The second-order valence-corrected chi connectivity index (χ2v) is 4.15. The molecule has 3 nitrogen and oxygen atoms in total. The fraction of sp³-hybridized carbons (Fsp3) is 0.833. The maximum Gasteiger partial charge on any atom is 0.223 e. The number of rotatable bonds is 1. The largest absolute Gasteiger partial charge is 0.297 e. The summed E-state index contributed by atoms with van der Waals surface area (Å²) in [7, 11) is 0. The lowest BCUT2D eigenvalue weighted by molar-refractivity contribution is -0.127. The van der Waals surface area contributed by atoms with Crippen LogP contribution in [0.4, 0.5) is 0 Å². The highest BCUT2D eigenvalue weighted by molar-refractivity contribution is 5.92. The maximum atomic E-state index is 9.92. The molecule has 88 valence electrons. The summed E-state index contributed by atoms with van der Waals surface area (Å²) in [6.45, 7) is 4.90. The van der Waals surface area contributed by atoms with E-state index in [4.69, 9.17) is 0 Å². The topological polar surface area (TPSA) is 46.2 Å². The zero-order chi connectivity index (χ0) is 11.7. The molecule has 1 aliphatic rings. The Hall–Kier alpha value is -0.860. The smallest absolute Gasteiger partial charge is 0.223 e. The molecule has 3 heteroatoms. The normalized spacial score (nSPS) is 16.2. The molecule has 1 rings (SSSR count). The Morgan fingerprint density at radius 2 is 1.53 bits per heavy atom. The summed E-state index contributed by atoms with van der Waals surface area (Å²) in [5, 5.41) is 2.03. The van der Waals surface area contributed by atoms with Gasteiger partial charge in [-0.25, -0.2) is 0 Å². The molecular weight excluding hydrogens is 190 g/mol. The van der Waals surface area contributed by atoms with E-state index < -0.39 is 0 Å². The highest BCUT2D eigenvalue weighted by Crippen LogP contribution is 2.25. The van der Waals surface area contributed by atoms with Crippen molar-refractivity contribution < 1.29 is 9.59 Å². The van der Waals surface area contributed by atoms with E-state index in [2.05, 4.69) is 6.92 Å². The minimum Gasteiger partial charge on any atom is -0.297 e. The van der Waals surface area contributed by atoms with Crippen molar-refractivity contribution in [3.8, 4) is 0 Å². The van der Waals surface area contributed by atoms with Gasteiger partial charge in [-0.3, -0.25) is 14.9 Å². The van der Waals surface area contributed by atoms with Gasteiger partial charge in [0.15, 0.2) is 0 Å². The van der Waals surface area contributed by atoms with Crippen molar-refractivity contribution in [2.24, 2.45) is 5.92 Å². The van der Waals surface area contributed by atoms with E-state index in [1.165, 1.54) is 52.4 Å². The summed E-state index contributed by atoms with van der Waals surface area (Å²) in [6, 6.07) is 0. The molecule has 0 radical (unpaired) electrons. The van der Waals surface area contributed by atoms with Crippen LogP contribution in [0.1, 0.15) is 59.3 Å². The van der Waals surface area contributed by atoms with Crippen LogP contribution in [0.15, 0.2) is 0 Å². The van der Waals surface area contributed by atoms with Gasteiger partial charge in [0.2, 0.25) is 11.8 Å². The van der Waals surface area contributed by atoms with Crippen molar-refractivity contribution in [1.29, 1.82) is 0 Å². The van der Waals surface area contributed by atoms with E-state index in [1.54, 1.807) is 0 Å². The summed E-state index contributed by atoms with van der Waals surface area (Å²) < 4.78 is 0. The van der Waals surface area contributed by atoms with Crippen molar-refractivity contribution >= 4 is 11.8 Å². The molecule has 2 amide bonds. The van der Waals surface area contributed by atoms with E-state index in [-0.39, 0.29) is 11.8 Å². The van der Waals surface area contributed by atoms with Crippen LogP contribution in [-0.2, 0) is 9.59 Å². The van der Waals surface area contributed by atoms with Crippen LogP contribution in [0, 0.1) is 5.92 Å². The standard InChI is InChI=1S/C8H16.C4H7NO2/c1-2-8-6-4-3-5-7-8;1-3(6)5-4(2)7/h8H,2-7H2,1H3;1-2H3,(H,5,6,7). The predicted octanol–water partition coefficient (Wildman–Crippen LogP) is 2.65. The molecule has 0 saturated heterocycles. The molecule has 15 heavy (non-hydrogen) atoms. The van der Waals surface area contributed by atoms with Crippen molar-refractivity contribution in [1.82, 2.24) is 5.32 Å². The molecule has 0 unspecified atom stereocenters. The van der Waals surface area contributed by atoms with Crippen LogP contribution < -0.4 is 5.32 Å². The Morgan fingerprint density at radius 1 is 1.07 bits per heavy atom. The molecule has 0 aliphatic heterocycles. The summed E-state index contributed by atoms with van der Waals surface area (Å²) in [5.74, 6) is 0.462. The summed E-state index contributed by atoms with van der Waals surface area (Å²) in [4.78, 5) is 19.8. The van der Waals surface area contributed by atoms with Crippen LogP contribution in [0.3, 0.4) is 0 Å². The molecule has 1 aliphatic carbocycles. The van der Waals surface area contributed by atoms with Gasteiger partial charge in [0.25, 0.3) is 0 Å². The monoisotopic (exact) mass is 213 g/mol. The van der Waals surface area contributed by atoms with Gasteiger partial charge in [-0.15, -0.1) is 0 Å². The molecule has 1 fully saturated rings. The fourth-order valence-electron chi connectivity index (χ4n) is 1.84. The van der Waals surface area contributed by atoms with Gasteiger partial charge >= 0.3 is 0 Å². The lowest BCUT2D eigenvalue weighted by atomic mass is 9.88. The molecule has 0 spiro atoms. The van der Waals surface area contributed by atoms with Crippen molar-refractivity contribution in [2.45, 2.75) is 59.3 Å². The first-order valence-electron chi connectivity index (χ1n) is 5.84. The number of nitrogens with one attached hydrogen (secondary N) is 1. The lowest BCUT2D eigenvalue weighted by Gasteiger charge is -2.18. The Morgan fingerprint density at radius 3 is 1.73 bits per heavy atom. The molecule has 0 aromatic heterocycles. The number of amides is 2. The molecule has 0 aromatic rings. The molecule has 0 aromatic carbocycles. The zero-order valence-electron chi connectivity index (χ0n) is 10.1. The van der Waals surface area contributed by atoms with Gasteiger partial charge in [-0.1, -0.05) is 45.4 Å². The Kier molecular flexibility index (Phi) is 7.96. The number of carbonyl (C=O) groups excluding carboxylic acids is 2. The Bertz CT molecular complexity index is 184. The van der Waals surface area contributed by atoms with E-state index >= 15 is 0 Å². The number of imide groups is 1. The number of hydrogen-bond acceptors (Lipinski definition) is 2. The average Bonchev–Trinajstić information content (AvgIpc) is 2.18. The van der Waals surface area contributed by atoms with Gasteiger partial charge in [-0.2, -0.15) is 0 Å². The quantitative estimate of drug-likeness (QED) is 0.728. The fourth-order valence-corrected chi connectivity index (χ4v) is 1.84. The number of hydrogen-bond donors (Lipinski definition) is 1. The van der Waals surface area contributed by atoms with Crippen molar-refractivity contribution in [3.63, 3.8) is 0 Å². The summed E-state index contributed by atoms with van der Waals surface area (Å²) in [6.07, 6.45) is 8.93.